The second kappa shape index (κ2) is 6.38. The molecular formula is C23H23N3. The molecule has 2 N–H and O–H groups in total. The summed E-state index contributed by atoms with van der Waals surface area (Å²) in [6.07, 6.45) is 6.68. The third-order valence-corrected chi connectivity index (χ3v) is 5.68. The molecule has 130 valence electrons. The Balaban J connectivity index is 1.93. The molecule has 3 nitrogen and oxygen atoms in total. The smallest absolute Gasteiger partial charge is 0.0991 e. The van der Waals surface area contributed by atoms with Crippen LogP contribution < -0.4 is 5.73 Å². The Bertz CT molecular complexity index is 1040. The Morgan fingerprint density at radius 2 is 1.92 bits per heavy atom. The highest BCUT2D eigenvalue weighted by Gasteiger charge is 2.21. The van der Waals surface area contributed by atoms with E-state index < -0.39 is 0 Å². The number of allylic oxidation sites excluding steroid dienone is 1. The number of hydrogen-bond acceptors (Lipinski definition) is 2. The number of anilines is 1. The van der Waals surface area contributed by atoms with Crippen LogP contribution in [0.15, 0.2) is 54.7 Å². The zero-order chi connectivity index (χ0) is 18.3. The van der Waals surface area contributed by atoms with Crippen LogP contribution in [0.2, 0.25) is 0 Å². The SMILES string of the molecule is C=C1CCC(n2cc(-c3cccc(N)c3C)c3cc(C#N)ccc32)CC1. The summed E-state index contributed by atoms with van der Waals surface area (Å²) in [5, 5.41) is 10.5. The van der Waals surface area contributed by atoms with Crippen LogP contribution >= 0.6 is 0 Å². The van der Waals surface area contributed by atoms with Gasteiger partial charge in [0.15, 0.2) is 0 Å². The van der Waals surface area contributed by atoms with E-state index in [1.54, 1.807) is 0 Å². The quantitative estimate of drug-likeness (QED) is 0.477. The van der Waals surface area contributed by atoms with Crippen molar-refractivity contribution in [1.82, 2.24) is 4.57 Å². The molecule has 1 aliphatic carbocycles. The topological polar surface area (TPSA) is 54.7 Å². The lowest BCUT2D eigenvalue weighted by Crippen LogP contribution is -2.12. The van der Waals surface area contributed by atoms with E-state index in [0.29, 0.717) is 11.6 Å². The molecule has 0 atom stereocenters. The number of benzene rings is 2. The number of rotatable bonds is 2. The maximum atomic E-state index is 9.36. The summed E-state index contributed by atoms with van der Waals surface area (Å²) < 4.78 is 2.40. The third-order valence-electron chi connectivity index (χ3n) is 5.68. The van der Waals surface area contributed by atoms with Crippen LogP contribution in [0.1, 0.15) is 42.9 Å². The van der Waals surface area contributed by atoms with Gasteiger partial charge in [-0.2, -0.15) is 5.26 Å². The first-order chi connectivity index (χ1) is 12.6. The molecule has 0 bridgehead atoms. The van der Waals surface area contributed by atoms with Crippen LogP contribution in [0.3, 0.4) is 0 Å². The van der Waals surface area contributed by atoms with E-state index >= 15 is 0 Å². The highest BCUT2D eigenvalue weighted by Crippen LogP contribution is 2.39. The predicted octanol–water partition coefficient (Wildman–Crippen LogP) is 5.74. The van der Waals surface area contributed by atoms with E-state index in [-0.39, 0.29) is 0 Å². The fourth-order valence-corrected chi connectivity index (χ4v) is 4.08. The minimum Gasteiger partial charge on any atom is -0.398 e. The fourth-order valence-electron chi connectivity index (χ4n) is 4.08. The maximum absolute atomic E-state index is 9.36. The second-order valence-corrected chi connectivity index (χ2v) is 7.29. The van der Waals surface area contributed by atoms with Gasteiger partial charge in [0.25, 0.3) is 0 Å². The van der Waals surface area contributed by atoms with Crippen molar-refractivity contribution in [1.29, 1.82) is 5.26 Å². The molecule has 1 saturated carbocycles. The van der Waals surface area contributed by atoms with Crippen molar-refractivity contribution >= 4 is 16.6 Å². The molecule has 26 heavy (non-hydrogen) atoms. The molecule has 0 spiro atoms. The van der Waals surface area contributed by atoms with Gasteiger partial charge in [0.05, 0.1) is 11.6 Å². The lowest BCUT2D eigenvalue weighted by molar-refractivity contribution is 0.410. The number of fused-ring (bicyclic) bond motifs is 1. The molecule has 1 heterocycles. The predicted molar refractivity (Wildman–Crippen MR) is 108 cm³/mol. The average molecular weight is 341 g/mol. The lowest BCUT2D eigenvalue weighted by atomic mass is 9.91. The summed E-state index contributed by atoms with van der Waals surface area (Å²) in [7, 11) is 0. The number of nitrogen functional groups attached to an aromatic ring is 1. The first kappa shape index (κ1) is 16.5. The van der Waals surface area contributed by atoms with Crippen LogP contribution in [0, 0.1) is 18.3 Å². The number of nitrogens with two attached hydrogens (primary N) is 1. The molecule has 0 radical (unpaired) electrons. The fraction of sp³-hybridized carbons (Fsp3) is 0.261. The molecule has 1 aliphatic rings. The van der Waals surface area contributed by atoms with Crippen LogP contribution in [0.4, 0.5) is 5.69 Å². The van der Waals surface area contributed by atoms with E-state index in [1.165, 1.54) is 11.1 Å². The third kappa shape index (κ3) is 2.68. The summed E-state index contributed by atoms with van der Waals surface area (Å²) in [5.41, 5.74) is 13.6. The summed E-state index contributed by atoms with van der Waals surface area (Å²) in [6, 6.07) is 14.8. The molecule has 4 rings (SSSR count). The Morgan fingerprint density at radius 3 is 2.65 bits per heavy atom. The Kier molecular flexibility index (Phi) is 4.05. The zero-order valence-electron chi connectivity index (χ0n) is 15.1. The van der Waals surface area contributed by atoms with Gasteiger partial charge in [0.1, 0.15) is 0 Å². The van der Waals surface area contributed by atoms with Gasteiger partial charge < -0.3 is 10.3 Å². The van der Waals surface area contributed by atoms with Crippen LogP contribution in [-0.4, -0.2) is 4.57 Å². The molecule has 0 amide bonds. The Hall–Kier alpha value is -2.99. The van der Waals surface area contributed by atoms with E-state index in [9.17, 15) is 5.26 Å². The van der Waals surface area contributed by atoms with E-state index in [0.717, 1.165) is 53.4 Å². The van der Waals surface area contributed by atoms with Gasteiger partial charge in [-0.25, -0.2) is 0 Å². The van der Waals surface area contributed by atoms with Crippen molar-refractivity contribution in [3.8, 4) is 17.2 Å². The summed E-state index contributed by atoms with van der Waals surface area (Å²) in [5.74, 6) is 0. The van der Waals surface area contributed by atoms with Crippen molar-refractivity contribution < 1.29 is 0 Å². The van der Waals surface area contributed by atoms with Gasteiger partial charge in [-0.3, -0.25) is 0 Å². The minimum atomic E-state index is 0.478. The number of hydrogen-bond donors (Lipinski definition) is 1. The standard InChI is InChI=1S/C23H23N3/c1-15-6-9-18(10-7-15)26-14-21(19-4-3-5-22(25)16(19)2)20-12-17(13-24)8-11-23(20)26/h3-5,8,11-12,14,18H,1,6-7,9-10,25H2,2H3. The first-order valence-corrected chi connectivity index (χ1v) is 9.15. The average Bonchev–Trinajstić information content (AvgIpc) is 3.03. The Morgan fingerprint density at radius 1 is 1.15 bits per heavy atom. The van der Waals surface area contributed by atoms with Gasteiger partial charge in [-0.05, 0) is 68.0 Å². The van der Waals surface area contributed by atoms with Crippen molar-refractivity contribution in [2.45, 2.75) is 38.6 Å². The maximum Gasteiger partial charge on any atom is 0.0991 e. The molecule has 0 unspecified atom stereocenters. The normalized spacial score (nSPS) is 15.3. The van der Waals surface area contributed by atoms with Gasteiger partial charge in [-0.15, -0.1) is 0 Å². The molecule has 2 aromatic carbocycles. The molecule has 1 fully saturated rings. The monoisotopic (exact) mass is 341 g/mol. The first-order valence-electron chi connectivity index (χ1n) is 9.15. The zero-order valence-corrected chi connectivity index (χ0v) is 15.1. The van der Waals surface area contributed by atoms with Gasteiger partial charge >= 0.3 is 0 Å². The number of nitrogens with zero attached hydrogens (tertiary/aromatic N) is 2. The van der Waals surface area contributed by atoms with Crippen molar-refractivity contribution in [2.75, 3.05) is 5.73 Å². The molecule has 3 heteroatoms. The molecule has 3 aromatic rings. The minimum absolute atomic E-state index is 0.478. The van der Waals surface area contributed by atoms with Gasteiger partial charge in [0.2, 0.25) is 0 Å². The largest absolute Gasteiger partial charge is 0.398 e. The van der Waals surface area contributed by atoms with Crippen molar-refractivity contribution in [2.24, 2.45) is 0 Å². The summed E-state index contributed by atoms with van der Waals surface area (Å²) >= 11 is 0. The Labute approximate surface area is 154 Å². The van der Waals surface area contributed by atoms with E-state index in [2.05, 4.69) is 42.5 Å². The molecular weight excluding hydrogens is 318 g/mol. The summed E-state index contributed by atoms with van der Waals surface area (Å²) in [6.45, 7) is 6.20. The molecule has 1 aromatic heterocycles. The van der Waals surface area contributed by atoms with Crippen LogP contribution in [0.5, 0.6) is 0 Å². The van der Waals surface area contributed by atoms with Gasteiger partial charge in [-0.1, -0.05) is 24.3 Å². The van der Waals surface area contributed by atoms with E-state index in [4.69, 9.17) is 5.73 Å². The second-order valence-electron chi connectivity index (χ2n) is 7.29. The highest BCUT2D eigenvalue weighted by molar-refractivity contribution is 5.98. The van der Waals surface area contributed by atoms with Gasteiger partial charge in [0, 0.05) is 34.4 Å². The lowest BCUT2D eigenvalue weighted by Gasteiger charge is -2.25. The van der Waals surface area contributed by atoms with Crippen LogP contribution in [0.25, 0.3) is 22.0 Å². The number of aromatic nitrogens is 1. The molecule has 0 saturated heterocycles. The van der Waals surface area contributed by atoms with Crippen molar-refractivity contribution in [3.63, 3.8) is 0 Å². The highest BCUT2D eigenvalue weighted by atomic mass is 15.0. The number of nitriles is 1. The summed E-state index contributed by atoms with van der Waals surface area (Å²) in [4.78, 5) is 0. The van der Waals surface area contributed by atoms with Crippen LogP contribution in [-0.2, 0) is 0 Å². The van der Waals surface area contributed by atoms with Crippen molar-refractivity contribution in [3.05, 3.63) is 65.9 Å². The molecule has 0 aliphatic heterocycles. The van der Waals surface area contributed by atoms with E-state index in [1.807, 2.05) is 24.3 Å².